The highest BCUT2D eigenvalue weighted by Crippen LogP contribution is 2.32. The summed E-state index contributed by atoms with van der Waals surface area (Å²) in [5.74, 6) is -0.304. The van der Waals surface area contributed by atoms with E-state index >= 15 is 0 Å². The van der Waals surface area contributed by atoms with E-state index in [0.717, 1.165) is 12.8 Å². The number of nitrogens with one attached hydrogen (secondary N) is 1. The normalized spacial score (nSPS) is 12.2. The summed E-state index contributed by atoms with van der Waals surface area (Å²) in [4.78, 5) is 12.7. The molecule has 0 saturated heterocycles. The number of halogens is 1. The number of amides is 1. The molecule has 6 heteroatoms. The monoisotopic (exact) mass is 311 g/mol. The first-order chi connectivity index (χ1) is 10.00. The molecular weight excluding hydrogens is 290 g/mol. The van der Waals surface area contributed by atoms with Gasteiger partial charge in [0, 0.05) is 10.7 Å². The molecule has 0 unspecified atom stereocenters. The van der Waals surface area contributed by atoms with Crippen molar-refractivity contribution in [1.82, 2.24) is 0 Å². The maximum atomic E-state index is 12.7. The lowest BCUT2D eigenvalue weighted by molar-refractivity contribution is -0.123. The highest BCUT2D eigenvalue weighted by molar-refractivity contribution is 6.30. The van der Waals surface area contributed by atoms with Gasteiger partial charge in [0.1, 0.15) is 5.41 Å². The summed E-state index contributed by atoms with van der Waals surface area (Å²) in [7, 11) is 0. The number of hydrogen-bond acceptors (Lipinski definition) is 3. The summed E-state index contributed by atoms with van der Waals surface area (Å²) in [6, 6.07) is 6.83. The van der Waals surface area contributed by atoms with Crippen molar-refractivity contribution in [3.63, 3.8) is 0 Å². The van der Waals surface area contributed by atoms with E-state index < -0.39 is 5.41 Å². The first-order valence-electron chi connectivity index (χ1n) is 7.05. The Balaban J connectivity index is 3.06. The van der Waals surface area contributed by atoms with Crippen molar-refractivity contribution < 1.29 is 10.0 Å². The number of benzene rings is 1. The molecule has 0 aliphatic carbocycles. The fourth-order valence-corrected chi connectivity index (χ4v) is 2.58. The van der Waals surface area contributed by atoms with Crippen LogP contribution in [0.4, 0.5) is 5.69 Å². The van der Waals surface area contributed by atoms with Gasteiger partial charge < -0.3 is 16.3 Å². The quantitative estimate of drug-likeness (QED) is 0.311. The van der Waals surface area contributed by atoms with Crippen molar-refractivity contribution >= 4 is 29.0 Å². The van der Waals surface area contributed by atoms with E-state index in [2.05, 4.69) is 10.5 Å². The molecule has 1 aromatic carbocycles. The SMILES string of the molecule is CCCC(CCC)(C(=O)Nc1ccc(Cl)cc1)C(N)=NO. The van der Waals surface area contributed by atoms with Crippen molar-refractivity contribution in [3.05, 3.63) is 29.3 Å². The van der Waals surface area contributed by atoms with Crippen LogP contribution in [0.3, 0.4) is 0 Å². The molecule has 4 N–H and O–H groups in total. The fourth-order valence-electron chi connectivity index (χ4n) is 2.46. The molecule has 1 amide bonds. The highest BCUT2D eigenvalue weighted by Gasteiger charge is 2.41. The zero-order chi connectivity index (χ0) is 15.9. The Morgan fingerprint density at radius 1 is 1.29 bits per heavy atom. The van der Waals surface area contributed by atoms with Crippen LogP contribution in [0.1, 0.15) is 39.5 Å². The van der Waals surface area contributed by atoms with E-state index in [1.807, 2.05) is 13.8 Å². The predicted molar refractivity (Wildman–Crippen MR) is 85.7 cm³/mol. The summed E-state index contributed by atoms with van der Waals surface area (Å²) < 4.78 is 0. The van der Waals surface area contributed by atoms with Crippen LogP contribution in [0.25, 0.3) is 0 Å². The smallest absolute Gasteiger partial charge is 0.238 e. The average Bonchev–Trinajstić information content (AvgIpc) is 2.48. The zero-order valence-electron chi connectivity index (χ0n) is 12.4. The number of carbonyl (C=O) groups is 1. The molecule has 1 aromatic rings. The molecule has 0 bridgehead atoms. The van der Waals surface area contributed by atoms with Gasteiger partial charge in [-0.25, -0.2) is 0 Å². The minimum absolute atomic E-state index is 0.0438. The number of rotatable bonds is 7. The third kappa shape index (κ3) is 4.11. The van der Waals surface area contributed by atoms with Gasteiger partial charge in [0.05, 0.1) is 0 Å². The first-order valence-corrected chi connectivity index (χ1v) is 7.43. The second-order valence-corrected chi connectivity index (χ2v) is 5.46. The summed E-state index contributed by atoms with van der Waals surface area (Å²) in [5.41, 5.74) is 5.46. The van der Waals surface area contributed by atoms with Crippen LogP contribution in [0.5, 0.6) is 0 Å². The van der Waals surface area contributed by atoms with E-state index in [0.29, 0.717) is 23.6 Å². The lowest BCUT2D eigenvalue weighted by Crippen LogP contribution is -2.47. The summed E-state index contributed by atoms with van der Waals surface area (Å²) in [6.45, 7) is 3.93. The topological polar surface area (TPSA) is 87.7 Å². The molecule has 0 saturated carbocycles. The Bertz CT molecular complexity index is 494. The molecule has 0 aromatic heterocycles. The Labute approximate surface area is 130 Å². The maximum Gasteiger partial charge on any atom is 0.238 e. The van der Waals surface area contributed by atoms with Crippen LogP contribution in [0.15, 0.2) is 29.4 Å². The number of hydrogen-bond donors (Lipinski definition) is 3. The van der Waals surface area contributed by atoms with Crippen LogP contribution in [-0.2, 0) is 4.79 Å². The summed E-state index contributed by atoms with van der Waals surface area (Å²) >= 11 is 5.83. The molecule has 0 fully saturated rings. The molecule has 1 rings (SSSR count). The van der Waals surface area contributed by atoms with E-state index in [4.69, 9.17) is 22.5 Å². The standard InChI is InChI=1S/C15H22ClN3O2/c1-3-9-15(10-4-2,13(17)19-21)14(20)18-12-7-5-11(16)6-8-12/h5-8,21H,3-4,9-10H2,1-2H3,(H2,17,19)(H,18,20). The van der Waals surface area contributed by atoms with Crippen molar-refractivity contribution in [2.45, 2.75) is 39.5 Å². The summed E-state index contributed by atoms with van der Waals surface area (Å²) in [6.07, 6.45) is 2.56. The largest absolute Gasteiger partial charge is 0.409 e. The maximum absolute atomic E-state index is 12.7. The zero-order valence-corrected chi connectivity index (χ0v) is 13.2. The lowest BCUT2D eigenvalue weighted by Gasteiger charge is -2.30. The minimum Gasteiger partial charge on any atom is -0.409 e. The molecule has 0 atom stereocenters. The van der Waals surface area contributed by atoms with E-state index in [1.54, 1.807) is 24.3 Å². The van der Waals surface area contributed by atoms with Crippen molar-refractivity contribution in [2.75, 3.05) is 5.32 Å². The molecule has 116 valence electrons. The third-order valence-electron chi connectivity index (χ3n) is 3.49. The number of amidine groups is 1. The Hall–Kier alpha value is -1.75. The molecule has 0 heterocycles. The molecule has 5 nitrogen and oxygen atoms in total. The second kappa shape index (κ2) is 7.88. The molecule has 0 radical (unpaired) electrons. The lowest BCUT2D eigenvalue weighted by atomic mass is 9.77. The van der Waals surface area contributed by atoms with Crippen LogP contribution in [-0.4, -0.2) is 17.0 Å². The Kier molecular flexibility index (Phi) is 6.49. The first kappa shape index (κ1) is 17.3. The average molecular weight is 312 g/mol. The third-order valence-corrected chi connectivity index (χ3v) is 3.74. The van der Waals surface area contributed by atoms with Crippen LogP contribution >= 0.6 is 11.6 Å². The fraction of sp³-hybridized carbons (Fsp3) is 0.467. The van der Waals surface area contributed by atoms with Crippen molar-refractivity contribution in [1.29, 1.82) is 0 Å². The number of nitrogens with two attached hydrogens (primary N) is 1. The van der Waals surface area contributed by atoms with Crippen molar-refractivity contribution in [3.8, 4) is 0 Å². The predicted octanol–water partition coefficient (Wildman–Crippen LogP) is 3.61. The highest BCUT2D eigenvalue weighted by atomic mass is 35.5. The molecular formula is C15H22ClN3O2. The van der Waals surface area contributed by atoms with Gasteiger partial charge in [-0.2, -0.15) is 0 Å². The van der Waals surface area contributed by atoms with Gasteiger partial charge >= 0.3 is 0 Å². The molecule has 0 spiro atoms. The molecule has 0 aliphatic heterocycles. The van der Waals surface area contributed by atoms with Gasteiger partial charge in [-0.05, 0) is 37.1 Å². The van der Waals surface area contributed by atoms with Gasteiger partial charge in [-0.3, -0.25) is 4.79 Å². The van der Waals surface area contributed by atoms with E-state index in [-0.39, 0.29) is 11.7 Å². The number of carbonyl (C=O) groups excluding carboxylic acids is 1. The minimum atomic E-state index is -0.988. The van der Waals surface area contributed by atoms with Gasteiger partial charge in [0.2, 0.25) is 5.91 Å². The Morgan fingerprint density at radius 2 is 1.81 bits per heavy atom. The second-order valence-electron chi connectivity index (χ2n) is 5.03. The van der Waals surface area contributed by atoms with E-state index in [9.17, 15) is 4.79 Å². The number of nitrogens with zero attached hydrogens (tertiary/aromatic N) is 1. The van der Waals surface area contributed by atoms with Crippen LogP contribution < -0.4 is 11.1 Å². The van der Waals surface area contributed by atoms with Gasteiger partial charge in [-0.15, -0.1) is 0 Å². The Morgan fingerprint density at radius 3 is 2.24 bits per heavy atom. The van der Waals surface area contributed by atoms with Crippen LogP contribution in [0.2, 0.25) is 5.02 Å². The van der Waals surface area contributed by atoms with Gasteiger partial charge in [-0.1, -0.05) is 43.4 Å². The van der Waals surface area contributed by atoms with E-state index in [1.165, 1.54) is 0 Å². The van der Waals surface area contributed by atoms with Gasteiger partial charge in [0.25, 0.3) is 0 Å². The van der Waals surface area contributed by atoms with Crippen LogP contribution in [0, 0.1) is 5.41 Å². The van der Waals surface area contributed by atoms with Crippen molar-refractivity contribution in [2.24, 2.45) is 16.3 Å². The number of anilines is 1. The molecule has 0 aliphatic rings. The molecule has 21 heavy (non-hydrogen) atoms. The summed E-state index contributed by atoms with van der Waals surface area (Å²) in [5, 5.41) is 15.5. The van der Waals surface area contributed by atoms with Gasteiger partial charge in [0.15, 0.2) is 5.84 Å². The number of oxime groups is 1.